The number of rotatable bonds is 24. The maximum atomic E-state index is 9.98. The van der Waals surface area contributed by atoms with Crippen LogP contribution in [0.25, 0.3) is 0 Å². The number of carbonyl (C=O) groups is 3. The van der Waals surface area contributed by atoms with Gasteiger partial charge in [0.1, 0.15) is 0 Å². The molecule has 0 aliphatic carbocycles. The van der Waals surface area contributed by atoms with E-state index in [0.29, 0.717) is 0 Å². The molecule has 240 valence electrons. The fourth-order valence-corrected chi connectivity index (χ4v) is 3.67. The van der Waals surface area contributed by atoms with Crippen molar-refractivity contribution in [2.45, 2.75) is 156 Å². The minimum absolute atomic E-state index is 0. The van der Waals surface area contributed by atoms with Crippen LogP contribution in [0.1, 0.15) is 156 Å². The standard InChI is InChI=1S/3C11H20O2.Eu.H2O/c3*1-2-3-4-5-6-7-8-9-10-11(12)13;;/h3*9-10H,2-8H2,1H3,(H,12,13);;1H2/q;;;+3;/p-3. The van der Waals surface area contributed by atoms with Gasteiger partial charge in [-0.3, -0.25) is 0 Å². The van der Waals surface area contributed by atoms with Gasteiger partial charge in [-0.25, -0.2) is 0 Å². The zero-order valence-electron chi connectivity index (χ0n) is 26.1. The van der Waals surface area contributed by atoms with E-state index in [1.54, 1.807) is 18.2 Å². The van der Waals surface area contributed by atoms with E-state index >= 15 is 0 Å². The number of hydrogen-bond acceptors (Lipinski definition) is 6. The molecule has 0 amide bonds. The molecule has 0 aliphatic heterocycles. The Balaban J connectivity index is -0.000000154. The number of unbranched alkanes of at least 4 members (excludes halogenated alkanes) is 18. The molecular weight excluding hydrogens is 660 g/mol. The predicted octanol–water partition coefficient (Wildman–Crippen LogP) is 5.30. The van der Waals surface area contributed by atoms with Gasteiger partial charge in [0.25, 0.3) is 0 Å². The van der Waals surface area contributed by atoms with Crippen LogP contribution in [0.3, 0.4) is 0 Å². The van der Waals surface area contributed by atoms with Crippen molar-refractivity contribution in [2.75, 3.05) is 0 Å². The first-order valence-corrected chi connectivity index (χ1v) is 15.4. The second-order valence-electron chi connectivity index (χ2n) is 9.83. The third-order valence-corrected chi connectivity index (χ3v) is 5.93. The van der Waals surface area contributed by atoms with Crippen LogP contribution in [0.2, 0.25) is 0 Å². The SMILES string of the molecule is CCCCCCCCC=CC(=O)[O-].CCCCCCCCC=CC(=O)[O-].CCCCCCCCC=CC(=O)[O-].O.[Eu+3]. The predicted molar refractivity (Wildman–Crippen MR) is 160 cm³/mol. The Morgan fingerprint density at radius 3 is 0.805 bits per heavy atom. The van der Waals surface area contributed by atoms with Gasteiger partial charge in [-0.15, -0.1) is 0 Å². The van der Waals surface area contributed by atoms with Crippen molar-refractivity contribution in [1.29, 1.82) is 0 Å². The van der Waals surface area contributed by atoms with Crippen molar-refractivity contribution in [3.63, 3.8) is 0 Å². The number of carboxylic acids is 3. The molecule has 2 N–H and O–H groups in total. The van der Waals surface area contributed by atoms with E-state index in [1.807, 2.05) is 0 Å². The molecular formula is C33H59EuO7. The van der Waals surface area contributed by atoms with Crippen molar-refractivity contribution in [3.05, 3.63) is 36.5 Å². The molecule has 0 saturated heterocycles. The molecule has 0 spiro atoms. The molecule has 0 atom stereocenters. The van der Waals surface area contributed by atoms with Crippen molar-refractivity contribution in [1.82, 2.24) is 0 Å². The maximum Gasteiger partial charge on any atom is 3.00 e. The van der Waals surface area contributed by atoms with E-state index in [0.717, 1.165) is 56.8 Å². The molecule has 0 radical (unpaired) electrons. The van der Waals surface area contributed by atoms with Gasteiger partial charge >= 0.3 is 49.4 Å². The number of hydrogen-bond donors (Lipinski definition) is 0. The van der Waals surface area contributed by atoms with Crippen LogP contribution >= 0.6 is 0 Å². The van der Waals surface area contributed by atoms with E-state index in [1.165, 1.54) is 96.3 Å². The summed E-state index contributed by atoms with van der Waals surface area (Å²) in [5.74, 6) is -3.28. The van der Waals surface area contributed by atoms with Gasteiger partial charge in [-0.2, -0.15) is 0 Å². The molecule has 0 bridgehead atoms. The molecule has 0 rings (SSSR count). The molecule has 41 heavy (non-hydrogen) atoms. The van der Waals surface area contributed by atoms with Crippen LogP contribution in [0.4, 0.5) is 0 Å². The molecule has 0 aliphatic rings. The summed E-state index contributed by atoms with van der Waals surface area (Å²) in [5.41, 5.74) is 0. The fourth-order valence-electron chi connectivity index (χ4n) is 3.67. The van der Waals surface area contributed by atoms with E-state index in [-0.39, 0.29) is 54.9 Å². The summed E-state index contributed by atoms with van der Waals surface area (Å²) in [6.45, 7) is 6.59. The monoisotopic (exact) mass is 720 g/mol. The number of allylic oxidation sites excluding steroid dienone is 3. The van der Waals surface area contributed by atoms with Gasteiger partial charge < -0.3 is 35.2 Å². The summed E-state index contributed by atoms with van der Waals surface area (Å²) in [4.78, 5) is 29.9. The second kappa shape index (κ2) is 46.1. The molecule has 0 unspecified atom stereocenters. The topological polar surface area (TPSA) is 152 Å². The Kier molecular flexibility index (Phi) is 56.1. The van der Waals surface area contributed by atoms with Crippen molar-refractivity contribution in [3.8, 4) is 0 Å². The van der Waals surface area contributed by atoms with E-state index < -0.39 is 17.9 Å². The number of aliphatic carboxylic acids is 3. The van der Waals surface area contributed by atoms with Crippen molar-refractivity contribution in [2.24, 2.45) is 0 Å². The van der Waals surface area contributed by atoms with Gasteiger partial charge in [-0.05, 0) is 56.8 Å². The molecule has 7 nitrogen and oxygen atoms in total. The Labute approximate surface area is 292 Å². The first-order valence-electron chi connectivity index (χ1n) is 15.4. The Bertz CT molecular complexity index is 545. The third-order valence-electron chi connectivity index (χ3n) is 5.93. The summed E-state index contributed by atoms with van der Waals surface area (Å²) < 4.78 is 0. The molecule has 0 saturated carbocycles. The van der Waals surface area contributed by atoms with E-state index in [2.05, 4.69) is 20.8 Å². The average molecular weight is 720 g/mol. The van der Waals surface area contributed by atoms with Gasteiger partial charge in [0, 0.05) is 0 Å². The summed E-state index contributed by atoms with van der Waals surface area (Å²) in [6, 6.07) is 0. The largest absolute Gasteiger partial charge is 3.00 e. The molecule has 0 aromatic carbocycles. The Morgan fingerprint density at radius 2 is 0.610 bits per heavy atom. The van der Waals surface area contributed by atoms with Gasteiger partial charge in [-0.1, -0.05) is 135 Å². The van der Waals surface area contributed by atoms with Gasteiger partial charge in [0.2, 0.25) is 0 Å². The zero-order chi connectivity index (χ0) is 29.8. The summed E-state index contributed by atoms with van der Waals surface area (Å²) in [7, 11) is 0. The number of carboxylic acid groups (broad SMARTS) is 3. The first kappa shape index (κ1) is 49.8. The minimum atomic E-state index is -1.09. The van der Waals surface area contributed by atoms with E-state index in [4.69, 9.17) is 0 Å². The maximum absolute atomic E-state index is 9.98. The quantitative estimate of drug-likeness (QED) is 0.0975. The van der Waals surface area contributed by atoms with Crippen LogP contribution in [-0.4, -0.2) is 23.4 Å². The zero-order valence-corrected chi connectivity index (χ0v) is 28.6. The molecule has 0 aromatic heterocycles. The van der Waals surface area contributed by atoms with E-state index in [9.17, 15) is 29.7 Å². The Hall–Kier alpha value is -0.826. The molecule has 8 heteroatoms. The van der Waals surface area contributed by atoms with Crippen LogP contribution in [-0.2, 0) is 14.4 Å². The molecule has 0 heterocycles. The van der Waals surface area contributed by atoms with Crippen LogP contribution in [0.15, 0.2) is 36.5 Å². The summed E-state index contributed by atoms with van der Waals surface area (Å²) in [6.07, 6.45) is 33.3. The van der Waals surface area contributed by atoms with Gasteiger partial charge in [0.05, 0.1) is 17.9 Å². The summed E-state index contributed by atoms with van der Waals surface area (Å²) in [5, 5.41) is 29.9. The fraction of sp³-hybridized carbons (Fsp3) is 0.727. The second-order valence-corrected chi connectivity index (χ2v) is 9.83. The Morgan fingerprint density at radius 1 is 0.415 bits per heavy atom. The van der Waals surface area contributed by atoms with Crippen LogP contribution in [0, 0.1) is 49.4 Å². The normalized spacial score (nSPS) is 10.3. The van der Waals surface area contributed by atoms with Crippen molar-refractivity contribution < 1.29 is 84.6 Å². The van der Waals surface area contributed by atoms with Crippen LogP contribution < -0.4 is 15.3 Å². The van der Waals surface area contributed by atoms with Crippen LogP contribution in [0.5, 0.6) is 0 Å². The first-order chi connectivity index (χ1) is 18.8. The number of carbonyl (C=O) groups excluding carboxylic acids is 3. The minimum Gasteiger partial charge on any atom is -0.545 e. The third kappa shape index (κ3) is 63.6. The smallest absolute Gasteiger partial charge is 0.545 e. The molecule has 0 aromatic rings. The van der Waals surface area contributed by atoms with Crippen molar-refractivity contribution >= 4 is 17.9 Å². The summed E-state index contributed by atoms with van der Waals surface area (Å²) >= 11 is 0. The van der Waals surface area contributed by atoms with Gasteiger partial charge in [0.15, 0.2) is 0 Å². The molecule has 0 fully saturated rings. The average Bonchev–Trinajstić information content (AvgIpc) is 2.89.